The molecule has 1 rings (SSSR count). The molecule has 78 valence electrons. The van der Waals surface area contributed by atoms with Crippen LogP contribution in [0.25, 0.3) is 0 Å². The molecule has 2 N–H and O–H groups in total. The van der Waals surface area contributed by atoms with Gasteiger partial charge in [-0.3, -0.25) is 9.89 Å². The average Bonchev–Trinajstić information content (AvgIpc) is 2.65. The molecule has 0 aliphatic carbocycles. The summed E-state index contributed by atoms with van der Waals surface area (Å²) < 4.78 is 0. The molecule has 0 radical (unpaired) electrons. The van der Waals surface area contributed by atoms with Crippen molar-refractivity contribution in [3.63, 3.8) is 0 Å². The van der Waals surface area contributed by atoms with Crippen LogP contribution in [0.15, 0.2) is 12.4 Å². The summed E-state index contributed by atoms with van der Waals surface area (Å²) in [6.45, 7) is 2.25. The molecule has 1 heterocycles. The number of H-pyrrole nitrogens is 1. The molecule has 5 heteroatoms. The fourth-order valence-corrected chi connectivity index (χ4v) is 1.07. The van der Waals surface area contributed by atoms with Gasteiger partial charge in [0.15, 0.2) is 0 Å². The van der Waals surface area contributed by atoms with Gasteiger partial charge in [0.25, 0.3) is 5.91 Å². The predicted molar refractivity (Wildman–Crippen MR) is 51.8 cm³/mol. The van der Waals surface area contributed by atoms with Gasteiger partial charge in [-0.15, -0.1) is 0 Å². The van der Waals surface area contributed by atoms with Crippen molar-refractivity contribution in [3.05, 3.63) is 18.0 Å². The lowest BCUT2D eigenvalue weighted by Crippen LogP contribution is -2.29. The number of amides is 1. The Morgan fingerprint density at radius 2 is 2.50 bits per heavy atom. The van der Waals surface area contributed by atoms with Gasteiger partial charge in [-0.2, -0.15) is 5.10 Å². The Kier molecular flexibility index (Phi) is 3.64. The minimum absolute atomic E-state index is 0.0839. The molecule has 5 nitrogen and oxygen atoms in total. The maximum atomic E-state index is 11.6. The lowest BCUT2D eigenvalue weighted by Gasteiger charge is -2.16. The van der Waals surface area contributed by atoms with Crippen LogP contribution in [0.2, 0.25) is 0 Å². The summed E-state index contributed by atoms with van der Waals surface area (Å²) in [7, 11) is 1.71. The third-order valence-electron chi connectivity index (χ3n) is 1.97. The van der Waals surface area contributed by atoms with Crippen LogP contribution in [0.5, 0.6) is 0 Å². The highest BCUT2D eigenvalue weighted by Crippen LogP contribution is 2.01. The van der Waals surface area contributed by atoms with Crippen LogP contribution in [0.1, 0.15) is 23.7 Å². The molecule has 1 aromatic rings. The van der Waals surface area contributed by atoms with Crippen LogP contribution in [-0.4, -0.2) is 45.8 Å². The summed E-state index contributed by atoms with van der Waals surface area (Å²) >= 11 is 0. The Balaban J connectivity index is 2.45. The summed E-state index contributed by atoms with van der Waals surface area (Å²) in [6, 6.07) is 0. The first-order valence-electron chi connectivity index (χ1n) is 4.53. The second-order valence-corrected chi connectivity index (χ2v) is 3.35. The second kappa shape index (κ2) is 4.76. The first kappa shape index (κ1) is 10.7. The van der Waals surface area contributed by atoms with Crippen molar-refractivity contribution < 1.29 is 9.90 Å². The van der Waals surface area contributed by atoms with E-state index in [1.165, 1.54) is 6.20 Å². The number of hydrogen-bond donors (Lipinski definition) is 2. The number of aromatic nitrogens is 2. The van der Waals surface area contributed by atoms with Gasteiger partial charge in [0.05, 0.1) is 17.9 Å². The molecule has 1 unspecified atom stereocenters. The first-order valence-corrected chi connectivity index (χ1v) is 4.53. The van der Waals surface area contributed by atoms with Crippen molar-refractivity contribution in [1.29, 1.82) is 0 Å². The zero-order valence-corrected chi connectivity index (χ0v) is 8.40. The Morgan fingerprint density at radius 3 is 3.00 bits per heavy atom. The van der Waals surface area contributed by atoms with Gasteiger partial charge < -0.3 is 10.0 Å². The summed E-state index contributed by atoms with van der Waals surface area (Å²) in [6.07, 6.45) is 3.25. The quantitative estimate of drug-likeness (QED) is 0.727. The number of aliphatic hydroxyl groups excluding tert-OH is 1. The number of nitrogens with zero attached hydrogens (tertiary/aromatic N) is 2. The van der Waals surface area contributed by atoms with Crippen LogP contribution in [0, 0.1) is 0 Å². The first-order chi connectivity index (χ1) is 6.61. The van der Waals surface area contributed by atoms with E-state index in [1.807, 2.05) is 0 Å². The SMILES string of the molecule is CC(O)CCN(C)C(=O)c1cn[nH]c1. The van der Waals surface area contributed by atoms with Crippen LogP contribution in [-0.2, 0) is 0 Å². The van der Waals surface area contributed by atoms with E-state index < -0.39 is 0 Å². The highest BCUT2D eigenvalue weighted by molar-refractivity contribution is 5.93. The summed E-state index contributed by atoms with van der Waals surface area (Å²) in [5, 5.41) is 15.3. The summed E-state index contributed by atoms with van der Waals surface area (Å²) in [5.74, 6) is -0.0839. The van der Waals surface area contributed by atoms with Crippen molar-refractivity contribution >= 4 is 5.91 Å². The standard InChI is InChI=1S/C9H15N3O2/c1-7(13)3-4-12(2)9(14)8-5-10-11-6-8/h5-7,13H,3-4H2,1-2H3,(H,10,11). The molecule has 0 spiro atoms. The molecule has 0 aliphatic heterocycles. The normalized spacial score (nSPS) is 12.5. The molecule has 0 aliphatic rings. The third kappa shape index (κ3) is 2.85. The van der Waals surface area contributed by atoms with Gasteiger partial charge in [-0.05, 0) is 13.3 Å². The molecular formula is C9H15N3O2. The predicted octanol–water partition coefficient (Wildman–Crippen LogP) is 0.253. The molecule has 0 saturated carbocycles. The van der Waals surface area contributed by atoms with Crippen LogP contribution in [0.3, 0.4) is 0 Å². The largest absolute Gasteiger partial charge is 0.393 e. The number of aromatic amines is 1. The Hall–Kier alpha value is -1.36. The lowest BCUT2D eigenvalue weighted by molar-refractivity contribution is 0.0769. The molecule has 1 amide bonds. The van der Waals surface area contributed by atoms with E-state index in [0.29, 0.717) is 18.5 Å². The van der Waals surface area contributed by atoms with Crippen molar-refractivity contribution in [1.82, 2.24) is 15.1 Å². The van der Waals surface area contributed by atoms with Gasteiger partial charge in [0, 0.05) is 19.8 Å². The van der Waals surface area contributed by atoms with E-state index in [9.17, 15) is 4.79 Å². The van der Waals surface area contributed by atoms with Crippen LogP contribution in [0.4, 0.5) is 0 Å². The number of rotatable bonds is 4. The van der Waals surface area contributed by atoms with Gasteiger partial charge in [-0.1, -0.05) is 0 Å². The molecule has 0 bridgehead atoms. The van der Waals surface area contributed by atoms with E-state index >= 15 is 0 Å². The number of nitrogens with one attached hydrogen (secondary N) is 1. The van der Waals surface area contributed by atoms with Crippen molar-refractivity contribution in [2.24, 2.45) is 0 Å². The van der Waals surface area contributed by atoms with E-state index in [0.717, 1.165) is 0 Å². The minimum Gasteiger partial charge on any atom is -0.393 e. The minimum atomic E-state index is -0.380. The van der Waals surface area contributed by atoms with Crippen LogP contribution >= 0.6 is 0 Å². The lowest BCUT2D eigenvalue weighted by atomic mass is 10.2. The van der Waals surface area contributed by atoms with E-state index in [1.54, 1.807) is 25.1 Å². The smallest absolute Gasteiger partial charge is 0.256 e. The molecular weight excluding hydrogens is 182 g/mol. The molecule has 0 aromatic carbocycles. The van der Waals surface area contributed by atoms with Gasteiger partial charge in [0.2, 0.25) is 0 Å². The molecule has 1 atom stereocenters. The zero-order chi connectivity index (χ0) is 10.6. The maximum absolute atomic E-state index is 11.6. The fourth-order valence-electron chi connectivity index (χ4n) is 1.07. The Labute approximate surface area is 82.7 Å². The monoisotopic (exact) mass is 197 g/mol. The van der Waals surface area contributed by atoms with Gasteiger partial charge in [0.1, 0.15) is 0 Å². The van der Waals surface area contributed by atoms with Crippen LogP contribution < -0.4 is 0 Å². The van der Waals surface area contributed by atoms with E-state index in [4.69, 9.17) is 5.11 Å². The van der Waals surface area contributed by atoms with Crippen molar-refractivity contribution in [2.75, 3.05) is 13.6 Å². The Morgan fingerprint density at radius 1 is 1.79 bits per heavy atom. The summed E-state index contributed by atoms with van der Waals surface area (Å²) in [5.41, 5.74) is 0.540. The second-order valence-electron chi connectivity index (χ2n) is 3.35. The zero-order valence-electron chi connectivity index (χ0n) is 8.40. The number of hydrogen-bond acceptors (Lipinski definition) is 3. The molecule has 0 saturated heterocycles. The molecule has 1 aromatic heterocycles. The number of carbonyl (C=O) groups is 1. The van der Waals surface area contributed by atoms with E-state index in [2.05, 4.69) is 10.2 Å². The topological polar surface area (TPSA) is 69.2 Å². The Bertz CT molecular complexity index is 282. The van der Waals surface area contributed by atoms with E-state index in [-0.39, 0.29) is 12.0 Å². The van der Waals surface area contributed by atoms with Crippen molar-refractivity contribution in [3.8, 4) is 0 Å². The van der Waals surface area contributed by atoms with Crippen molar-refractivity contribution in [2.45, 2.75) is 19.4 Å². The maximum Gasteiger partial charge on any atom is 0.256 e. The summed E-state index contributed by atoms with van der Waals surface area (Å²) in [4.78, 5) is 13.2. The highest BCUT2D eigenvalue weighted by Gasteiger charge is 2.12. The van der Waals surface area contributed by atoms with Gasteiger partial charge >= 0.3 is 0 Å². The fraction of sp³-hybridized carbons (Fsp3) is 0.556. The number of carbonyl (C=O) groups excluding carboxylic acids is 1. The molecule has 0 fully saturated rings. The number of aliphatic hydroxyl groups is 1. The average molecular weight is 197 g/mol. The van der Waals surface area contributed by atoms with Gasteiger partial charge in [-0.25, -0.2) is 0 Å². The molecule has 14 heavy (non-hydrogen) atoms. The highest BCUT2D eigenvalue weighted by atomic mass is 16.3. The third-order valence-corrected chi connectivity index (χ3v) is 1.97.